The third kappa shape index (κ3) is 3.56. The number of amides is 1. The number of halogens is 3. The van der Waals surface area contributed by atoms with Crippen molar-refractivity contribution in [1.82, 2.24) is 5.32 Å². The Balaban J connectivity index is 2.62. The molecular weight excluding hydrogens is 280 g/mol. The maximum Gasteiger partial charge on any atom is 0.236 e. The molecule has 0 heterocycles. The molecule has 0 unspecified atom stereocenters. The van der Waals surface area contributed by atoms with Crippen LogP contribution in [0.15, 0.2) is 18.2 Å². The Morgan fingerprint density at radius 1 is 1.38 bits per heavy atom. The summed E-state index contributed by atoms with van der Waals surface area (Å²) in [6.45, 7) is 3.58. The molecule has 0 fully saturated rings. The van der Waals surface area contributed by atoms with Crippen LogP contribution in [0.5, 0.6) is 0 Å². The fourth-order valence-electron chi connectivity index (χ4n) is 1.04. The topological polar surface area (TPSA) is 29.1 Å². The SMILES string of the molecule is CC(C)(Br)C(=O)NCc1ccc(F)c(F)c1. The molecule has 2 nitrogen and oxygen atoms in total. The molecule has 1 N–H and O–H groups in total. The lowest BCUT2D eigenvalue weighted by Gasteiger charge is -2.15. The van der Waals surface area contributed by atoms with Crippen molar-refractivity contribution in [3.05, 3.63) is 35.4 Å². The van der Waals surface area contributed by atoms with E-state index in [4.69, 9.17) is 0 Å². The van der Waals surface area contributed by atoms with Crippen LogP contribution < -0.4 is 5.32 Å². The second-order valence-corrected chi connectivity index (χ2v) is 5.89. The normalized spacial score (nSPS) is 11.3. The molecule has 1 aromatic rings. The lowest BCUT2D eigenvalue weighted by Crippen LogP contribution is -2.37. The first kappa shape index (κ1) is 13.1. The number of nitrogens with one attached hydrogen (secondary N) is 1. The second kappa shape index (κ2) is 4.91. The van der Waals surface area contributed by atoms with Gasteiger partial charge in [0, 0.05) is 6.54 Å². The quantitative estimate of drug-likeness (QED) is 0.853. The molecule has 0 radical (unpaired) electrons. The van der Waals surface area contributed by atoms with Crippen LogP contribution >= 0.6 is 15.9 Å². The predicted molar refractivity (Wildman–Crippen MR) is 61.2 cm³/mol. The summed E-state index contributed by atoms with van der Waals surface area (Å²) < 4.78 is 24.8. The highest BCUT2D eigenvalue weighted by atomic mass is 79.9. The number of hydrogen-bond donors (Lipinski definition) is 1. The largest absolute Gasteiger partial charge is 0.351 e. The van der Waals surface area contributed by atoms with Gasteiger partial charge in [-0.3, -0.25) is 4.79 Å². The molecule has 0 saturated carbocycles. The lowest BCUT2D eigenvalue weighted by molar-refractivity contribution is -0.122. The highest BCUT2D eigenvalue weighted by molar-refractivity contribution is 9.10. The summed E-state index contributed by atoms with van der Waals surface area (Å²) in [6.07, 6.45) is 0. The molecule has 0 aliphatic heterocycles. The van der Waals surface area contributed by atoms with Crippen molar-refractivity contribution < 1.29 is 13.6 Å². The van der Waals surface area contributed by atoms with Gasteiger partial charge in [-0.25, -0.2) is 8.78 Å². The van der Waals surface area contributed by atoms with E-state index in [0.717, 1.165) is 12.1 Å². The molecule has 88 valence electrons. The van der Waals surface area contributed by atoms with Gasteiger partial charge >= 0.3 is 0 Å². The van der Waals surface area contributed by atoms with E-state index in [1.165, 1.54) is 6.07 Å². The monoisotopic (exact) mass is 291 g/mol. The van der Waals surface area contributed by atoms with E-state index >= 15 is 0 Å². The molecule has 0 spiro atoms. The fourth-order valence-corrected chi connectivity index (χ4v) is 1.18. The number of rotatable bonds is 3. The molecule has 0 aliphatic carbocycles. The molecule has 1 aromatic carbocycles. The van der Waals surface area contributed by atoms with E-state index in [1.807, 2.05) is 0 Å². The van der Waals surface area contributed by atoms with Crippen molar-refractivity contribution in [3.63, 3.8) is 0 Å². The number of alkyl halides is 1. The standard InChI is InChI=1S/C11H12BrF2NO/c1-11(2,12)10(16)15-6-7-3-4-8(13)9(14)5-7/h3-5H,6H2,1-2H3,(H,15,16). The van der Waals surface area contributed by atoms with Crippen molar-refractivity contribution in [2.75, 3.05) is 0 Å². The van der Waals surface area contributed by atoms with E-state index < -0.39 is 16.0 Å². The molecule has 5 heteroatoms. The molecule has 1 rings (SSSR count). The van der Waals surface area contributed by atoms with Gasteiger partial charge in [0.1, 0.15) is 0 Å². The molecule has 0 atom stereocenters. The second-order valence-electron chi connectivity index (χ2n) is 3.90. The van der Waals surface area contributed by atoms with Gasteiger partial charge in [-0.1, -0.05) is 22.0 Å². The Kier molecular flexibility index (Phi) is 4.02. The summed E-state index contributed by atoms with van der Waals surface area (Å²) in [4.78, 5) is 11.5. The van der Waals surface area contributed by atoms with Crippen LogP contribution in [0, 0.1) is 11.6 Å². The van der Waals surface area contributed by atoms with Crippen molar-refractivity contribution >= 4 is 21.8 Å². The van der Waals surface area contributed by atoms with E-state index in [9.17, 15) is 13.6 Å². The minimum atomic E-state index is -0.912. The van der Waals surface area contributed by atoms with Crippen molar-refractivity contribution in [3.8, 4) is 0 Å². The zero-order valence-corrected chi connectivity index (χ0v) is 10.6. The number of benzene rings is 1. The van der Waals surface area contributed by atoms with Crippen LogP contribution in [-0.2, 0) is 11.3 Å². The third-order valence-corrected chi connectivity index (χ3v) is 2.34. The van der Waals surface area contributed by atoms with Gasteiger partial charge in [-0.15, -0.1) is 0 Å². The van der Waals surface area contributed by atoms with Crippen LogP contribution in [0.25, 0.3) is 0 Å². The van der Waals surface area contributed by atoms with Crippen molar-refractivity contribution in [1.29, 1.82) is 0 Å². The summed E-state index contributed by atoms with van der Waals surface area (Å²) in [7, 11) is 0. The van der Waals surface area contributed by atoms with E-state index in [2.05, 4.69) is 21.2 Å². The number of hydrogen-bond acceptors (Lipinski definition) is 1. The maximum absolute atomic E-state index is 12.8. The van der Waals surface area contributed by atoms with E-state index in [1.54, 1.807) is 13.8 Å². The van der Waals surface area contributed by atoms with Gasteiger partial charge in [-0.2, -0.15) is 0 Å². The van der Waals surface area contributed by atoms with Gasteiger partial charge in [0.05, 0.1) is 4.32 Å². The first-order valence-electron chi connectivity index (χ1n) is 4.72. The van der Waals surface area contributed by atoms with Gasteiger partial charge in [0.15, 0.2) is 11.6 Å². The van der Waals surface area contributed by atoms with E-state index in [-0.39, 0.29) is 12.5 Å². The zero-order chi connectivity index (χ0) is 12.3. The molecule has 0 saturated heterocycles. The van der Waals surface area contributed by atoms with Crippen LogP contribution in [0.4, 0.5) is 8.78 Å². The number of carbonyl (C=O) groups is 1. The summed E-state index contributed by atoms with van der Waals surface area (Å²) in [5.74, 6) is -2.02. The summed E-state index contributed by atoms with van der Waals surface area (Å²) in [5.41, 5.74) is 0.518. The first-order valence-corrected chi connectivity index (χ1v) is 5.51. The fraction of sp³-hybridized carbons (Fsp3) is 0.364. The Hall–Kier alpha value is -0.970. The predicted octanol–water partition coefficient (Wildman–Crippen LogP) is 2.75. The van der Waals surface area contributed by atoms with Crippen LogP contribution in [0.2, 0.25) is 0 Å². The first-order chi connectivity index (χ1) is 7.30. The molecule has 0 aromatic heterocycles. The highest BCUT2D eigenvalue weighted by Gasteiger charge is 2.22. The maximum atomic E-state index is 12.8. The Labute approximate surface area is 101 Å². The molecule has 1 amide bonds. The summed E-state index contributed by atoms with van der Waals surface area (Å²) in [6, 6.07) is 3.53. The highest BCUT2D eigenvalue weighted by Crippen LogP contribution is 2.16. The summed E-state index contributed by atoms with van der Waals surface area (Å²) in [5, 5.41) is 2.61. The van der Waals surface area contributed by atoms with Crippen LogP contribution in [-0.4, -0.2) is 10.2 Å². The lowest BCUT2D eigenvalue weighted by atomic mass is 10.2. The molecule has 0 bridgehead atoms. The Morgan fingerprint density at radius 3 is 2.50 bits per heavy atom. The average Bonchev–Trinajstić information content (AvgIpc) is 2.18. The van der Waals surface area contributed by atoms with Gasteiger partial charge in [0.2, 0.25) is 5.91 Å². The van der Waals surface area contributed by atoms with Crippen molar-refractivity contribution in [2.45, 2.75) is 24.7 Å². The smallest absolute Gasteiger partial charge is 0.236 e. The minimum absolute atomic E-state index is 0.172. The molecule has 16 heavy (non-hydrogen) atoms. The Bertz CT molecular complexity index is 401. The third-order valence-electron chi connectivity index (χ3n) is 1.98. The Morgan fingerprint density at radius 2 is 2.00 bits per heavy atom. The van der Waals surface area contributed by atoms with Crippen molar-refractivity contribution in [2.24, 2.45) is 0 Å². The van der Waals surface area contributed by atoms with E-state index in [0.29, 0.717) is 5.56 Å². The molecule has 0 aliphatic rings. The zero-order valence-electron chi connectivity index (χ0n) is 8.98. The average molecular weight is 292 g/mol. The minimum Gasteiger partial charge on any atom is -0.351 e. The van der Waals surface area contributed by atoms with Crippen LogP contribution in [0.3, 0.4) is 0 Å². The molecular formula is C11H12BrF2NO. The van der Waals surface area contributed by atoms with Gasteiger partial charge in [0.25, 0.3) is 0 Å². The van der Waals surface area contributed by atoms with Crippen LogP contribution in [0.1, 0.15) is 19.4 Å². The van der Waals surface area contributed by atoms with Gasteiger partial charge in [-0.05, 0) is 31.5 Å². The summed E-state index contributed by atoms with van der Waals surface area (Å²) >= 11 is 3.20. The number of carbonyl (C=O) groups excluding carboxylic acids is 1. The van der Waals surface area contributed by atoms with Gasteiger partial charge < -0.3 is 5.32 Å².